The first-order chi connectivity index (χ1) is 11.9. The monoisotopic (exact) mass is 388 g/mol. The zero-order chi connectivity index (χ0) is 18.3. The van der Waals surface area contributed by atoms with Crippen molar-refractivity contribution < 1.29 is 23.1 Å². The van der Waals surface area contributed by atoms with Crippen molar-refractivity contribution in [3.05, 3.63) is 16.3 Å². The van der Waals surface area contributed by atoms with Gasteiger partial charge >= 0.3 is 5.97 Å². The summed E-state index contributed by atoms with van der Waals surface area (Å²) >= 11 is 1.14. The highest BCUT2D eigenvalue weighted by molar-refractivity contribution is 7.89. The Hall–Kier alpha value is -1.45. The van der Waals surface area contributed by atoms with Gasteiger partial charge in [0, 0.05) is 26.1 Å². The quantitative estimate of drug-likeness (QED) is 0.599. The van der Waals surface area contributed by atoms with E-state index in [1.165, 1.54) is 10.4 Å². The van der Waals surface area contributed by atoms with Gasteiger partial charge in [-0.3, -0.25) is 9.59 Å². The van der Waals surface area contributed by atoms with Crippen molar-refractivity contribution in [2.24, 2.45) is 0 Å². The third kappa shape index (κ3) is 5.52. The van der Waals surface area contributed by atoms with Crippen LogP contribution in [0.3, 0.4) is 0 Å². The predicted octanol–water partition coefficient (Wildman–Crippen LogP) is 2.30. The molecule has 0 unspecified atom stereocenters. The summed E-state index contributed by atoms with van der Waals surface area (Å²) in [7, 11) is -3.59. The van der Waals surface area contributed by atoms with Crippen LogP contribution in [0.1, 0.15) is 54.6 Å². The number of sulfonamides is 1. The minimum Gasteiger partial charge on any atom is -0.481 e. The Labute approximate surface area is 152 Å². The van der Waals surface area contributed by atoms with Gasteiger partial charge in [0.2, 0.25) is 10.0 Å². The Morgan fingerprint density at radius 3 is 2.52 bits per heavy atom. The summed E-state index contributed by atoms with van der Waals surface area (Å²) in [5.74, 6) is -1.16. The molecule has 1 aromatic heterocycles. The van der Waals surface area contributed by atoms with E-state index in [9.17, 15) is 18.0 Å². The van der Waals surface area contributed by atoms with Crippen molar-refractivity contribution in [1.29, 1.82) is 0 Å². The smallest absolute Gasteiger partial charge is 0.303 e. The van der Waals surface area contributed by atoms with Gasteiger partial charge in [-0.25, -0.2) is 8.42 Å². The molecule has 1 fully saturated rings. The second-order valence-corrected chi connectivity index (χ2v) is 8.86. The van der Waals surface area contributed by atoms with Gasteiger partial charge in [-0.05, 0) is 37.1 Å². The van der Waals surface area contributed by atoms with E-state index in [1.54, 1.807) is 5.38 Å². The number of carboxylic acid groups (broad SMARTS) is 1. The molecule has 0 aromatic carbocycles. The Morgan fingerprint density at radius 2 is 1.84 bits per heavy atom. The van der Waals surface area contributed by atoms with Gasteiger partial charge in [0.15, 0.2) is 0 Å². The first kappa shape index (κ1) is 19.9. The second kappa shape index (κ2) is 9.30. The van der Waals surface area contributed by atoms with Crippen molar-refractivity contribution in [1.82, 2.24) is 9.62 Å². The van der Waals surface area contributed by atoms with E-state index in [0.29, 0.717) is 26.1 Å². The lowest BCUT2D eigenvalue weighted by Crippen LogP contribution is -2.30. The van der Waals surface area contributed by atoms with Crippen molar-refractivity contribution in [2.45, 2.75) is 49.8 Å². The first-order valence-corrected chi connectivity index (χ1v) is 10.8. The Bertz CT molecular complexity index is 693. The molecule has 9 heteroatoms. The van der Waals surface area contributed by atoms with Crippen LogP contribution in [0.4, 0.5) is 0 Å². The van der Waals surface area contributed by atoms with E-state index in [2.05, 4.69) is 5.32 Å². The number of nitrogens with one attached hydrogen (secondary N) is 1. The van der Waals surface area contributed by atoms with Gasteiger partial charge in [0.25, 0.3) is 5.91 Å². The minimum absolute atomic E-state index is 0.0957. The molecule has 1 aromatic rings. The van der Waals surface area contributed by atoms with Gasteiger partial charge in [-0.1, -0.05) is 12.8 Å². The summed E-state index contributed by atoms with van der Waals surface area (Å²) in [6, 6.07) is 1.50. The maximum Gasteiger partial charge on any atom is 0.303 e. The molecule has 2 N–H and O–H groups in total. The molecule has 2 heterocycles. The van der Waals surface area contributed by atoms with Crippen molar-refractivity contribution in [3.8, 4) is 0 Å². The molecular weight excluding hydrogens is 364 g/mol. The number of hydrogen-bond donors (Lipinski definition) is 2. The van der Waals surface area contributed by atoms with Crippen LogP contribution in [0.2, 0.25) is 0 Å². The highest BCUT2D eigenvalue weighted by Crippen LogP contribution is 2.27. The van der Waals surface area contributed by atoms with Gasteiger partial charge in [-0.15, -0.1) is 11.3 Å². The Balaban J connectivity index is 1.83. The van der Waals surface area contributed by atoms with E-state index in [1.807, 2.05) is 0 Å². The summed E-state index contributed by atoms with van der Waals surface area (Å²) in [6.45, 7) is 1.47. The topological polar surface area (TPSA) is 104 Å². The molecule has 0 spiro atoms. The second-order valence-electron chi connectivity index (χ2n) is 6.04. The fraction of sp³-hybridized carbons (Fsp3) is 0.625. The fourth-order valence-electron chi connectivity index (χ4n) is 2.77. The molecule has 1 aliphatic heterocycles. The van der Waals surface area contributed by atoms with Crippen LogP contribution in [-0.4, -0.2) is 49.3 Å². The zero-order valence-corrected chi connectivity index (χ0v) is 15.7. The van der Waals surface area contributed by atoms with Crippen molar-refractivity contribution >= 4 is 33.2 Å². The lowest BCUT2D eigenvalue weighted by molar-refractivity contribution is -0.137. The molecule has 0 saturated carbocycles. The number of carbonyl (C=O) groups is 2. The van der Waals surface area contributed by atoms with Crippen LogP contribution in [0.15, 0.2) is 16.3 Å². The summed E-state index contributed by atoms with van der Waals surface area (Å²) in [4.78, 5) is 23.0. The van der Waals surface area contributed by atoms with E-state index >= 15 is 0 Å². The van der Waals surface area contributed by atoms with E-state index < -0.39 is 16.0 Å². The lowest BCUT2D eigenvalue weighted by Gasteiger charge is -2.15. The maximum absolute atomic E-state index is 12.6. The summed E-state index contributed by atoms with van der Waals surface area (Å²) in [6.07, 6.45) is 4.88. The molecule has 1 amide bonds. The third-order valence-electron chi connectivity index (χ3n) is 4.12. The first-order valence-electron chi connectivity index (χ1n) is 8.50. The number of nitrogens with zero attached hydrogens (tertiary/aromatic N) is 1. The van der Waals surface area contributed by atoms with E-state index in [4.69, 9.17) is 5.11 Å². The normalized spacial score (nSPS) is 15.4. The number of amides is 1. The molecule has 1 aliphatic rings. The summed E-state index contributed by atoms with van der Waals surface area (Å²) in [5, 5.41) is 12.9. The van der Waals surface area contributed by atoms with Gasteiger partial charge in [0.05, 0.1) is 0 Å². The van der Waals surface area contributed by atoms with Crippen molar-refractivity contribution in [3.63, 3.8) is 0 Å². The van der Waals surface area contributed by atoms with Gasteiger partial charge in [-0.2, -0.15) is 4.31 Å². The lowest BCUT2D eigenvalue weighted by atomic mass is 10.1. The maximum atomic E-state index is 12.6. The standard InChI is InChI=1S/C16H24N2O5S2/c19-14(20)7-3-1-2-4-9-17-16(21)15-13(8-12-24-15)25(22,23)18-10-5-6-11-18/h8,12H,1-7,9-11H2,(H,17,21)(H,19,20). The number of thiophene rings is 1. The average molecular weight is 389 g/mol. The number of carbonyl (C=O) groups excluding carboxylic acids is 1. The van der Waals surface area contributed by atoms with Gasteiger partial charge in [0.1, 0.15) is 9.77 Å². The molecule has 25 heavy (non-hydrogen) atoms. The molecule has 0 bridgehead atoms. The number of rotatable bonds is 10. The van der Waals surface area contributed by atoms with E-state index in [-0.39, 0.29) is 22.1 Å². The predicted molar refractivity (Wildman–Crippen MR) is 95.4 cm³/mol. The fourth-order valence-corrected chi connectivity index (χ4v) is 5.60. The zero-order valence-electron chi connectivity index (χ0n) is 14.1. The molecule has 1 saturated heterocycles. The largest absolute Gasteiger partial charge is 0.481 e. The van der Waals surface area contributed by atoms with Crippen molar-refractivity contribution in [2.75, 3.05) is 19.6 Å². The third-order valence-corrected chi connectivity index (χ3v) is 7.10. The van der Waals surface area contributed by atoms with Crippen LogP contribution < -0.4 is 5.32 Å². The highest BCUT2D eigenvalue weighted by atomic mass is 32.2. The molecule has 140 valence electrons. The van der Waals surface area contributed by atoms with Crippen LogP contribution >= 0.6 is 11.3 Å². The van der Waals surface area contributed by atoms with Crippen LogP contribution in [0, 0.1) is 0 Å². The van der Waals surface area contributed by atoms with Crippen LogP contribution in [0.25, 0.3) is 0 Å². The number of unbranched alkanes of at least 4 members (excludes halogenated alkanes) is 3. The van der Waals surface area contributed by atoms with Crippen LogP contribution in [-0.2, 0) is 14.8 Å². The molecule has 0 radical (unpaired) electrons. The van der Waals surface area contributed by atoms with Gasteiger partial charge < -0.3 is 10.4 Å². The SMILES string of the molecule is O=C(O)CCCCCCNC(=O)c1sccc1S(=O)(=O)N1CCCC1. The average Bonchev–Trinajstić information content (AvgIpc) is 3.25. The molecular formula is C16H24N2O5S2. The molecule has 7 nitrogen and oxygen atoms in total. The molecule has 0 atom stereocenters. The molecule has 0 aliphatic carbocycles. The van der Waals surface area contributed by atoms with Crippen LogP contribution in [0.5, 0.6) is 0 Å². The number of aliphatic carboxylic acids is 1. The number of carboxylic acids is 1. The molecule has 2 rings (SSSR count). The highest BCUT2D eigenvalue weighted by Gasteiger charge is 2.31. The Morgan fingerprint density at radius 1 is 1.16 bits per heavy atom. The number of hydrogen-bond acceptors (Lipinski definition) is 5. The Kier molecular flexibility index (Phi) is 7.39. The summed E-state index contributed by atoms with van der Waals surface area (Å²) < 4.78 is 26.7. The minimum atomic E-state index is -3.59. The summed E-state index contributed by atoms with van der Waals surface area (Å²) in [5.41, 5.74) is 0. The van der Waals surface area contributed by atoms with E-state index in [0.717, 1.165) is 43.4 Å².